The molecule has 0 bridgehead atoms. The van der Waals surface area contributed by atoms with Crippen LogP contribution in [0.25, 0.3) is 0 Å². The molecule has 2 atom stereocenters. The lowest BCUT2D eigenvalue weighted by Gasteiger charge is -2.21. The van der Waals surface area contributed by atoms with Crippen LogP contribution in [0.1, 0.15) is 22.7 Å². The highest BCUT2D eigenvalue weighted by Crippen LogP contribution is 2.23. The number of carbonyl (C=O) groups excluding carboxylic acids is 4. The predicted octanol–water partition coefficient (Wildman–Crippen LogP) is -0.175. The number of aryl methyl sites for hydroxylation is 1. The zero-order chi connectivity index (χ0) is 23.3. The topological polar surface area (TPSA) is 173 Å². The number of amides is 1. The molecule has 2 aromatic rings. The molecule has 1 amide bonds. The molecule has 14 nitrogen and oxygen atoms in total. The fourth-order valence-corrected chi connectivity index (χ4v) is 2.92. The van der Waals surface area contributed by atoms with Gasteiger partial charge in [-0.3, -0.25) is 9.69 Å². The van der Waals surface area contributed by atoms with E-state index in [1.54, 1.807) is 0 Å². The Morgan fingerprint density at radius 2 is 1.97 bits per heavy atom. The summed E-state index contributed by atoms with van der Waals surface area (Å²) in [6.07, 6.45) is 2.49. The highest BCUT2D eigenvalue weighted by molar-refractivity contribution is 5.92. The van der Waals surface area contributed by atoms with Gasteiger partial charge in [-0.25, -0.2) is 19.2 Å². The minimum absolute atomic E-state index is 0.0117. The Kier molecular flexibility index (Phi) is 6.82. The number of hydrogen-bond donors (Lipinski definition) is 0. The number of esters is 2. The summed E-state index contributed by atoms with van der Waals surface area (Å²) in [6, 6.07) is -1.08. The van der Waals surface area contributed by atoms with Crippen LogP contribution in [-0.2, 0) is 30.4 Å². The molecule has 1 aliphatic rings. The number of hydrogen-bond acceptors (Lipinski definition) is 12. The van der Waals surface area contributed by atoms with Crippen LogP contribution >= 0.6 is 0 Å². The highest BCUT2D eigenvalue weighted by atomic mass is 16.6. The molecule has 0 aromatic carbocycles. The minimum atomic E-state index is -1.08. The van der Waals surface area contributed by atoms with Gasteiger partial charge in [0.05, 0.1) is 26.0 Å². The van der Waals surface area contributed by atoms with Gasteiger partial charge in [0.15, 0.2) is 18.1 Å². The summed E-state index contributed by atoms with van der Waals surface area (Å²) in [4.78, 5) is 60.6. The molecule has 2 aromatic heterocycles. The summed E-state index contributed by atoms with van der Waals surface area (Å²) in [7, 11) is 1.15. The molecule has 170 valence electrons. The van der Waals surface area contributed by atoms with E-state index in [9.17, 15) is 24.0 Å². The van der Waals surface area contributed by atoms with Gasteiger partial charge in [-0.2, -0.15) is 4.68 Å². The van der Waals surface area contributed by atoms with Crippen molar-refractivity contribution < 1.29 is 42.2 Å². The molecule has 0 unspecified atom stereocenters. The molecule has 0 saturated carbocycles. The molecule has 0 aliphatic carbocycles. The fourth-order valence-electron chi connectivity index (χ4n) is 2.92. The van der Waals surface area contributed by atoms with Gasteiger partial charge in [-0.05, 0) is 6.92 Å². The number of carbonyl (C=O) groups is 4. The molecule has 0 N–H and O–H groups in total. The summed E-state index contributed by atoms with van der Waals surface area (Å²) in [5, 5.41) is 7.17. The molecule has 1 saturated heterocycles. The van der Waals surface area contributed by atoms with Crippen molar-refractivity contribution in [2.75, 3.05) is 13.7 Å². The van der Waals surface area contributed by atoms with Crippen LogP contribution in [0.2, 0.25) is 0 Å². The Hall–Kier alpha value is -4.23. The molecule has 3 rings (SSSR count). The Labute approximate surface area is 179 Å². The van der Waals surface area contributed by atoms with Crippen molar-refractivity contribution in [3.63, 3.8) is 0 Å². The molecular formula is C18H18N4O10. The number of methoxy groups -OCH3 is 1. The minimum Gasteiger partial charge on any atom is -0.466 e. The second-order valence-electron chi connectivity index (χ2n) is 6.49. The van der Waals surface area contributed by atoms with E-state index in [0.29, 0.717) is 0 Å². The first-order valence-electron chi connectivity index (χ1n) is 9.18. The van der Waals surface area contributed by atoms with Gasteiger partial charge in [-0.1, -0.05) is 5.21 Å². The van der Waals surface area contributed by atoms with Crippen molar-refractivity contribution in [3.8, 4) is 0 Å². The number of rotatable bonds is 6. The maximum atomic E-state index is 12.8. The zero-order valence-corrected chi connectivity index (χ0v) is 17.0. The van der Waals surface area contributed by atoms with Crippen LogP contribution in [0, 0.1) is 6.92 Å². The van der Waals surface area contributed by atoms with Crippen molar-refractivity contribution in [2.45, 2.75) is 32.1 Å². The maximum absolute atomic E-state index is 12.8. The van der Waals surface area contributed by atoms with Crippen LogP contribution in [-0.4, -0.2) is 69.6 Å². The normalized spacial score (nSPS) is 18.0. The van der Waals surface area contributed by atoms with E-state index in [1.165, 1.54) is 19.3 Å². The SMILES string of the molecule is COC(=O)/C=C/C(=O)O[C@@H]1C[C@@H](C(=O)n2ccnn2)N(C(=O)OCc2oc(=O)oc2C)C1. The lowest BCUT2D eigenvalue weighted by atomic mass is 10.2. The standard InChI is InChI=1S/C18H18N4O10/c1-10-13(32-18(27)30-10)9-29-17(26)21-8-11(31-15(24)4-3-14(23)28-2)7-12(21)16(25)22-6-5-19-20-22/h3-6,11-12H,7-9H2,1-2H3/b4-3+/t11-,12+/m1/s1. The smallest absolute Gasteiger partial charge is 0.466 e. The van der Waals surface area contributed by atoms with Crippen LogP contribution in [0.3, 0.4) is 0 Å². The molecule has 14 heteroatoms. The van der Waals surface area contributed by atoms with Gasteiger partial charge in [0, 0.05) is 18.6 Å². The zero-order valence-electron chi connectivity index (χ0n) is 17.0. The van der Waals surface area contributed by atoms with Gasteiger partial charge in [-0.15, -0.1) is 5.10 Å². The van der Waals surface area contributed by atoms with Crippen LogP contribution in [0.4, 0.5) is 4.79 Å². The molecule has 32 heavy (non-hydrogen) atoms. The summed E-state index contributed by atoms with van der Waals surface area (Å²) in [6.45, 7) is 0.873. The molecule has 1 fully saturated rings. The van der Waals surface area contributed by atoms with Gasteiger partial charge < -0.3 is 23.0 Å². The summed E-state index contributed by atoms with van der Waals surface area (Å²) in [5.41, 5.74) is 0. The molecule has 0 spiro atoms. The van der Waals surface area contributed by atoms with Crippen molar-refractivity contribution in [1.82, 2.24) is 19.9 Å². The second-order valence-corrected chi connectivity index (χ2v) is 6.49. The Morgan fingerprint density at radius 3 is 2.59 bits per heavy atom. The van der Waals surface area contributed by atoms with Crippen molar-refractivity contribution in [2.24, 2.45) is 0 Å². The van der Waals surface area contributed by atoms with Crippen molar-refractivity contribution in [3.05, 3.63) is 46.7 Å². The first-order chi connectivity index (χ1) is 15.3. The quantitative estimate of drug-likeness (QED) is 0.323. The van der Waals surface area contributed by atoms with Crippen molar-refractivity contribution in [1.29, 1.82) is 0 Å². The van der Waals surface area contributed by atoms with E-state index in [4.69, 9.17) is 18.3 Å². The Bertz CT molecular complexity index is 1080. The number of ether oxygens (including phenoxy) is 3. The van der Waals surface area contributed by atoms with Crippen LogP contribution in [0.5, 0.6) is 0 Å². The number of likely N-dealkylation sites (tertiary alicyclic amines) is 1. The molecule has 1 aliphatic heterocycles. The highest BCUT2D eigenvalue weighted by Gasteiger charge is 2.43. The lowest BCUT2D eigenvalue weighted by molar-refractivity contribution is -0.143. The number of aromatic nitrogens is 3. The van der Waals surface area contributed by atoms with E-state index < -0.39 is 48.5 Å². The molecule has 3 heterocycles. The fraction of sp³-hybridized carbons (Fsp3) is 0.389. The lowest BCUT2D eigenvalue weighted by Crippen LogP contribution is -2.43. The Balaban J connectivity index is 1.70. The second kappa shape index (κ2) is 9.72. The third-order valence-corrected chi connectivity index (χ3v) is 4.43. The maximum Gasteiger partial charge on any atom is 0.519 e. The van der Waals surface area contributed by atoms with Crippen LogP contribution in [0.15, 0.2) is 38.2 Å². The summed E-state index contributed by atoms with van der Waals surface area (Å²) >= 11 is 0. The molecular weight excluding hydrogens is 432 g/mol. The van der Waals surface area contributed by atoms with E-state index in [1.807, 2.05) is 0 Å². The molecule has 0 radical (unpaired) electrons. The summed E-state index contributed by atoms with van der Waals surface area (Å²) in [5.74, 6) is -3.01. The average molecular weight is 450 g/mol. The average Bonchev–Trinajstić information content (AvgIpc) is 3.50. The van der Waals surface area contributed by atoms with Gasteiger partial charge in [0.25, 0.3) is 5.91 Å². The third kappa shape index (κ3) is 5.27. The number of nitrogens with zero attached hydrogens (tertiary/aromatic N) is 4. The predicted molar refractivity (Wildman–Crippen MR) is 99.0 cm³/mol. The van der Waals surface area contributed by atoms with E-state index in [0.717, 1.165) is 28.8 Å². The van der Waals surface area contributed by atoms with Gasteiger partial charge >= 0.3 is 23.9 Å². The largest absolute Gasteiger partial charge is 0.519 e. The van der Waals surface area contributed by atoms with Gasteiger partial charge in [0.1, 0.15) is 12.1 Å². The van der Waals surface area contributed by atoms with E-state index in [2.05, 4.69) is 15.0 Å². The first kappa shape index (κ1) is 22.5. The van der Waals surface area contributed by atoms with Crippen molar-refractivity contribution >= 4 is 23.9 Å². The monoisotopic (exact) mass is 450 g/mol. The van der Waals surface area contributed by atoms with E-state index >= 15 is 0 Å². The third-order valence-electron chi connectivity index (χ3n) is 4.43. The van der Waals surface area contributed by atoms with Gasteiger partial charge in [0.2, 0.25) is 0 Å². The van der Waals surface area contributed by atoms with E-state index in [-0.39, 0.29) is 24.5 Å². The summed E-state index contributed by atoms with van der Waals surface area (Å²) < 4.78 is 25.1. The first-order valence-corrected chi connectivity index (χ1v) is 9.18. The Morgan fingerprint density at radius 1 is 1.22 bits per heavy atom. The van der Waals surface area contributed by atoms with Crippen LogP contribution < -0.4 is 5.82 Å².